The topological polar surface area (TPSA) is 47.3 Å². The van der Waals surface area contributed by atoms with Crippen LogP contribution >= 0.6 is 22.6 Å². The van der Waals surface area contributed by atoms with Gasteiger partial charge >= 0.3 is 0 Å². The van der Waals surface area contributed by atoms with Crippen LogP contribution in [0.15, 0.2) is 48.5 Å². The highest BCUT2D eigenvalue weighted by molar-refractivity contribution is 14.1. The van der Waals surface area contributed by atoms with Gasteiger partial charge < -0.3 is 14.4 Å². The number of aryl methyl sites for hydroxylation is 1. The van der Waals surface area contributed by atoms with Crippen LogP contribution in [0, 0.1) is 10.5 Å². The highest BCUT2D eigenvalue weighted by Gasteiger charge is 2.12. The van der Waals surface area contributed by atoms with Crippen LogP contribution in [0.25, 0.3) is 11.0 Å². The minimum absolute atomic E-state index is 0.256. The number of fused-ring (bicyclic) bond motifs is 1. The minimum Gasteiger partial charge on any atom is -0.491 e. The fourth-order valence-corrected chi connectivity index (χ4v) is 2.77. The summed E-state index contributed by atoms with van der Waals surface area (Å²) in [4.78, 5) is 4.50. The predicted molar refractivity (Wildman–Crippen MR) is 95.1 cm³/mol. The Kier molecular flexibility index (Phi) is 4.63. The summed E-state index contributed by atoms with van der Waals surface area (Å²) in [6.07, 6.45) is -0.587. The van der Waals surface area contributed by atoms with E-state index in [1.807, 2.05) is 60.0 Å². The largest absolute Gasteiger partial charge is 0.491 e. The Labute approximate surface area is 142 Å². The molecule has 0 amide bonds. The van der Waals surface area contributed by atoms with Gasteiger partial charge in [0.15, 0.2) is 0 Å². The number of benzene rings is 2. The Morgan fingerprint density at radius 1 is 1.18 bits per heavy atom. The molecule has 1 heterocycles. The van der Waals surface area contributed by atoms with Crippen molar-refractivity contribution >= 4 is 33.6 Å². The molecule has 0 fully saturated rings. The maximum Gasteiger partial charge on any atom is 0.119 e. The zero-order chi connectivity index (χ0) is 15.5. The third-order valence-corrected chi connectivity index (χ3v) is 4.21. The van der Waals surface area contributed by atoms with Crippen LogP contribution in [0.5, 0.6) is 5.75 Å². The SMILES string of the molecule is Cc1nc2ccccc2n1C[C@@H](O)COc1ccc(I)cc1. The van der Waals surface area contributed by atoms with E-state index in [0.29, 0.717) is 6.54 Å². The van der Waals surface area contributed by atoms with Crippen molar-refractivity contribution in [2.75, 3.05) is 6.61 Å². The first-order valence-electron chi connectivity index (χ1n) is 7.12. The predicted octanol–water partition coefficient (Wildman–Crippen LogP) is 3.39. The number of aromatic nitrogens is 2. The van der Waals surface area contributed by atoms with Gasteiger partial charge in [0.2, 0.25) is 0 Å². The van der Waals surface area contributed by atoms with Crippen molar-refractivity contribution < 1.29 is 9.84 Å². The average Bonchev–Trinajstić information content (AvgIpc) is 2.83. The molecular formula is C17H17IN2O2. The van der Waals surface area contributed by atoms with E-state index in [0.717, 1.165) is 26.2 Å². The van der Waals surface area contributed by atoms with Crippen LogP contribution in [-0.2, 0) is 6.54 Å². The molecule has 0 unspecified atom stereocenters. The number of hydrogen-bond acceptors (Lipinski definition) is 3. The van der Waals surface area contributed by atoms with Crippen molar-refractivity contribution in [2.45, 2.75) is 19.6 Å². The van der Waals surface area contributed by atoms with Crippen molar-refractivity contribution in [3.63, 3.8) is 0 Å². The first-order chi connectivity index (χ1) is 10.6. The lowest BCUT2D eigenvalue weighted by atomic mass is 10.3. The number of ether oxygens (including phenoxy) is 1. The molecule has 4 nitrogen and oxygen atoms in total. The highest BCUT2D eigenvalue weighted by atomic mass is 127. The number of para-hydroxylation sites is 2. The van der Waals surface area contributed by atoms with Crippen LogP contribution in [-0.4, -0.2) is 27.4 Å². The number of nitrogens with zero attached hydrogens (tertiary/aromatic N) is 2. The number of imidazole rings is 1. The normalized spacial score (nSPS) is 12.5. The highest BCUT2D eigenvalue weighted by Crippen LogP contribution is 2.17. The van der Waals surface area contributed by atoms with Crippen LogP contribution in [0.2, 0.25) is 0 Å². The second-order valence-electron chi connectivity index (χ2n) is 5.18. The van der Waals surface area contributed by atoms with Gasteiger partial charge in [-0.2, -0.15) is 0 Å². The van der Waals surface area contributed by atoms with E-state index in [-0.39, 0.29) is 6.61 Å². The Hall–Kier alpha value is -1.60. The molecule has 5 heteroatoms. The van der Waals surface area contributed by atoms with Gasteiger partial charge in [0.25, 0.3) is 0 Å². The van der Waals surface area contributed by atoms with Gasteiger partial charge in [-0.25, -0.2) is 4.98 Å². The molecule has 3 rings (SSSR count). The number of aliphatic hydroxyl groups excluding tert-OH is 1. The molecule has 0 spiro atoms. The third kappa shape index (κ3) is 3.41. The second-order valence-corrected chi connectivity index (χ2v) is 6.42. The van der Waals surface area contributed by atoms with E-state index >= 15 is 0 Å². The van der Waals surface area contributed by atoms with Crippen molar-refractivity contribution in [3.05, 3.63) is 57.9 Å². The summed E-state index contributed by atoms with van der Waals surface area (Å²) < 4.78 is 8.82. The number of hydrogen-bond donors (Lipinski definition) is 1. The van der Waals surface area contributed by atoms with Gasteiger partial charge in [0.1, 0.15) is 24.3 Å². The fourth-order valence-electron chi connectivity index (χ4n) is 2.41. The average molecular weight is 408 g/mol. The Morgan fingerprint density at radius 2 is 1.91 bits per heavy atom. The lowest BCUT2D eigenvalue weighted by Gasteiger charge is -2.14. The Morgan fingerprint density at radius 3 is 2.68 bits per heavy atom. The summed E-state index contributed by atoms with van der Waals surface area (Å²) in [6, 6.07) is 15.7. The molecule has 0 aliphatic carbocycles. The molecule has 0 aliphatic heterocycles. The zero-order valence-electron chi connectivity index (χ0n) is 12.2. The van der Waals surface area contributed by atoms with Crippen LogP contribution in [0.4, 0.5) is 0 Å². The maximum absolute atomic E-state index is 10.2. The Balaban J connectivity index is 1.67. The molecular weight excluding hydrogens is 391 g/mol. The molecule has 3 aromatic rings. The molecule has 114 valence electrons. The van der Waals surface area contributed by atoms with Gasteiger partial charge in [-0.05, 0) is 65.9 Å². The summed E-state index contributed by atoms with van der Waals surface area (Å²) in [5.74, 6) is 1.67. The molecule has 0 saturated heterocycles. The van der Waals surface area contributed by atoms with E-state index in [9.17, 15) is 5.11 Å². The summed E-state index contributed by atoms with van der Waals surface area (Å²) in [5.41, 5.74) is 1.99. The lowest BCUT2D eigenvalue weighted by Crippen LogP contribution is -2.24. The number of rotatable bonds is 5. The van der Waals surface area contributed by atoms with Crippen LogP contribution in [0.1, 0.15) is 5.82 Å². The van der Waals surface area contributed by atoms with Crippen molar-refractivity contribution in [2.24, 2.45) is 0 Å². The quantitative estimate of drug-likeness (QED) is 0.659. The number of aliphatic hydroxyl groups is 1. The van der Waals surface area contributed by atoms with E-state index < -0.39 is 6.10 Å². The van der Waals surface area contributed by atoms with Gasteiger partial charge in [0, 0.05) is 3.57 Å². The van der Waals surface area contributed by atoms with Crippen LogP contribution < -0.4 is 4.74 Å². The summed E-state index contributed by atoms with van der Waals surface area (Å²) >= 11 is 2.25. The third-order valence-electron chi connectivity index (χ3n) is 3.49. The van der Waals surface area contributed by atoms with E-state index in [1.165, 1.54) is 0 Å². The van der Waals surface area contributed by atoms with Gasteiger partial charge in [-0.3, -0.25) is 0 Å². The zero-order valence-corrected chi connectivity index (χ0v) is 14.4. The second kappa shape index (κ2) is 6.66. The van der Waals surface area contributed by atoms with Crippen molar-refractivity contribution in [1.82, 2.24) is 9.55 Å². The Bertz CT molecular complexity index is 768. The lowest BCUT2D eigenvalue weighted by molar-refractivity contribution is 0.0929. The van der Waals surface area contributed by atoms with Gasteiger partial charge in [-0.1, -0.05) is 12.1 Å². The molecule has 0 saturated carbocycles. The minimum atomic E-state index is -0.587. The first kappa shape index (κ1) is 15.3. The van der Waals surface area contributed by atoms with Gasteiger partial charge in [0.05, 0.1) is 17.6 Å². The molecule has 0 radical (unpaired) electrons. The maximum atomic E-state index is 10.2. The summed E-state index contributed by atoms with van der Waals surface area (Å²) in [6.45, 7) is 2.68. The first-order valence-corrected chi connectivity index (χ1v) is 8.19. The van der Waals surface area contributed by atoms with Crippen LogP contribution in [0.3, 0.4) is 0 Å². The molecule has 1 atom stereocenters. The molecule has 1 N–H and O–H groups in total. The molecule has 1 aromatic heterocycles. The number of halogens is 1. The summed E-state index contributed by atoms with van der Waals surface area (Å²) in [7, 11) is 0. The van der Waals surface area contributed by atoms with Gasteiger partial charge in [-0.15, -0.1) is 0 Å². The van der Waals surface area contributed by atoms with E-state index in [1.54, 1.807) is 0 Å². The van der Waals surface area contributed by atoms with Crippen molar-refractivity contribution in [3.8, 4) is 5.75 Å². The monoisotopic (exact) mass is 408 g/mol. The molecule has 0 bridgehead atoms. The smallest absolute Gasteiger partial charge is 0.119 e. The molecule has 0 aliphatic rings. The standard InChI is InChI=1S/C17H17IN2O2/c1-12-19-16-4-2-3-5-17(16)20(12)10-14(21)11-22-15-8-6-13(18)7-9-15/h2-9,14,21H,10-11H2,1H3/t14-/m1/s1. The fraction of sp³-hybridized carbons (Fsp3) is 0.235. The van der Waals surface area contributed by atoms with E-state index in [4.69, 9.17) is 4.74 Å². The molecule has 2 aromatic carbocycles. The summed E-state index contributed by atoms with van der Waals surface area (Å²) in [5, 5.41) is 10.2. The van der Waals surface area contributed by atoms with Crippen molar-refractivity contribution in [1.29, 1.82) is 0 Å². The van der Waals surface area contributed by atoms with E-state index in [2.05, 4.69) is 27.6 Å². The molecule has 22 heavy (non-hydrogen) atoms.